The zero-order chi connectivity index (χ0) is 14.5. The number of nitrogens with one attached hydrogen (secondary N) is 1. The van der Waals surface area contributed by atoms with Gasteiger partial charge in [-0.3, -0.25) is 9.69 Å². The molecule has 20 heavy (non-hydrogen) atoms. The van der Waals surface area contributed by atoms with E-state index in [0.29, 0.717) is 12.1 Å². The van der Waals surface area contributed by atoms with Gasteiger partial charge in [-0.1, -0.05) is 12.1 Å². The molecule has 110 valence electrons. The SMILES string of the molecule is CC(=O)NC1CCCN(CC(O)c2ccc(F)cc2)C1. The molecule has 0 aromatic heterocycles. The number of amides is 1. The van der Waals surface area contributed by atoms with Crippen molar-refractivity contribution in [3.05, 3.63) is 35.6 Å². The Morgan fingerprint density at radius 2 is 2.20 bits per heavy atom. The smallest absolute Gasteiger partial charge is 0.217 e. The number of β-amino-alcohol motifs (C(OH)–C–C–N with tert-alkyl or cyclic N) is 1. The van der Waals surface area contributed by atoms with Crippen LogP contribution in [0, 0.1) is 5.82 Å². The quantitative estimate of drug-likeness (QED) is 0.878. The van der Waals surface area contributed by atoms with Gasteiger partial charge in [-0.2, -0.15) is 0 Å². The number of carbonyl (C=O) groups excluding carboxylic acids is 1. The molecular formula is C15H21FN2O2. The molecule has 0 radical (unpaired) electrons. The van der Waals surface area contributed by atoms with Gasteiger partial charge in [0.1, 0.15) is 5.82 Å². The summed E-state index contributed by atoms with van der Waals surface area (Å²) < 4.78 is 12.8. The molecule has 4 nitrogen and oxygen atoms in total. The largest absolute Gasteiger partial charge is 0.387 e. The maximum absolute atomic E-state index is 12.8. The molecule has 0 saturated carbocycles. The third-order valence-corrected chi connectivity index (χ3v) is 3.60. The van der Waals surface area contributed by atoms with Gasteiger partial charge in [0.15, 0.2) is 0 Å². The van der Waals surface area contributed by atoms with Crippen molar-refractivity contribution in [3.63, 3.8) is 0 Å². The summed E-state index contributed by atoms with van der Waals surface area (Å²) >= 11 is 0. The number of halogens is 1. The van der Waals surface area contributed by atoms with Gasteiger partial charge in [-0.15, -0.1) is 0 Å². The first kappa shape index (κ1) is 14.9. The fourth-order valence-electron chi connectivity index (χ4n) is 2.66. The van der Waals surface area contributed by atoms with Crippen LogP contribution in [0.25, 0.3) is 0 Å². The summed E-state index contributed by atoms with van der Waals surface area (Å²) in [6.07, 6.45) is 1.34. The van der Waals surface area contributed by atoms with Gasteiger partial charge >= 0.3 is 0 Å². The lowest BCUT2D eigenvalue weighted by Gasteiger charge is -2.34. The number of piperidine rings is 1. The van der Waals surface area contributed by atoms with Crippen LogP contribution in [0.15, 0.2) is 24.3 Å². The second-order valence-corrected chi connectivity index (χ2v) is 5.37. The Morgan fingerprint density at radius 1 is 1.50 bits per heavy atom. The van der Waals surface area contributed by atoms with Gasteiger partial charge in [-0.05, 0) is 37.1 Å². The minimum atomic E-state index is -0.633. The van der Waals surface area contributed by atoms with Crippen LogP contribution in [0.1, 0.15) is 31.4 Å². The van der Waals surface area contributed by atoms with Crippen molar-refractivity contribution in [1.82, 2.24) is 10.2 Å². The van der Waals surface area contributed by atoms with E-state index in [9.17, 15) is 14.3 Å². The van der Waals surface area contributed by atoms with E-state index < -0.39 is 6.10 Å². The first-order valence-corrected chi connectivity index (χ1v) is 6.97. The van der Waals surface area contributed by atoms with Crippen LogP contribution in [0.2, 0.25) is 0 Å². The molecule has 1 saturated heterocycles. The topological polar surface area (TPSA) is 52.6 Å². The number of carbonyl (C=O) groups is 1. The normalized spacial score (nSPS) is 21.4. The summed E-state index contributed by atoms with van der Waals surface area (Å²) in [5.74, 6) is -0.319. The molecule has 1 aromatic carbocycles. The maximum atomic E-state index is 12.8. The van der Waals surface area contributed by atoms with Gasteiger partial charge in [0.25, 0.3) is 0 Å². The number of hydrogen-bond acceptors (Lipinski definition) is 3. The average molecular weight is 280 g/mol. The molecule has 1 fully saturated rings. The fraction of sp³-hybridized carbons (Fsp3) is 0.533. The van der Waals surface area contributed by atoms with Gasteiger partial charge in [-0.25, -0.2) is 4.39 Å². The molecule has 0 spiro atoms. The van der Waals surface area contributed by atoms with Crippen molar-refractivity contribution in [2.75, 3.05) is 19.6 Å². The third-order valence-electron chi connectivity index (χ3n) is 3.60. The lowest BCUT2D eigenvalue weighted by atomic mass is 10.0. The second-order valence-electron chi connectivity index (χ2n) is 5.37. The van der Waals surface area contributed by atoms with Crippen molar-refractivity contribution in [1.29, 1.82) is 0 Å². The summed E-state index contributed by atoms with van der Waals surface area (Å²) in [5, 5.41) is 13.1. The maximum Gasteiger partial charge on any atom is 0.217 e. The summed E-state index contributed by atoms with van der Waals surface area (Å²) in [5.41, 5.74) is 0.716. The lowest BCUT2D eigenvalue weighted by Crippen LogP contribution is -2.48. The number of likely N-dealkylation sites (tertiary alicyclic amines) is 1. The monoisotopic (exact) mass is 280 g/mol. The van der Waals surface area contributed by atoms with Crippen LogP contribution < -0.4 is 5.32 Å². The number of rotatable bonds is 4. The fourth-order valence-corrected chi connectivity index (χ4v) is 2.66. The summed E-state index contributed by atoms with van der Waals surface area (Å²) in [6.45, 7) is 3.68. The number of aliphatic hydroxyl groups excluding tert-OH is 1. The van der Waals surface area contributed by atoms with E-state index >= 15 is 0 Å². The molecule has 0 bridgehead atoms. The van der Waals surface area contributed by atoms with Gasteiger partial charge in [0.05, 0.1) is 6.10 Å². The van der Waals surface area contributed by atoms with E-state index in [1.165, 1.54) is 19.1 Å². The molecule has 2 N–H and O–H groups in total. The number of hydrogen-bond donors (Lipinski definition) is 2. The Hall–Kier alpha value is -1.46. The lowest BCUT2D eigenvalue weighted by molar-refractivity contribution is -0.120. The number of benzene rings is 1. The van der Waals surface area contributed by atoms with E-state index in [1.807, 2.05) is 0 Å². The van der Waals surface area contributed by atoms with Crippen LogP contribution in [0.4, 0.5) is 4.39 Å². The van der Waals surface area contributed by atoms with Crippen LogP contribution in [0.3, 0.4) is 0 Å². The first-order valence-electron chi connectivity index (χ1n) is 6.97. The zero-order valence-corrected chi connectivity index (χ0v) is 11.7. The van der Waals surface area contributed by atoms with E-state index in [4.69, 9.17) is 0 Å². The minimum Gasteiger partial charge on any atom is -0.387 e. The molecule has 5 heteroatoms. The summed E-state index contributed by atoms with van der Waals surface area (Å²) in [4.78, 5) is 13.2. The molecule has 2 atom stereocenters. The van der Waals surface area contributed by atoms with Crippen molar-refractivity contribution in [3.8, 4) is 0 Å². The minimum absolute atomic E-state index is 0.0177. The highest BCUT2D eigenvalue weighted by Gasteiger charge is 2.22. The number of nitrogens with zero attached hydrogens (tertiary/aromatic N) is 1. The van der Waals surface area contributed by atoms with E-state index in [2.05, 4.69) is 10.2 Å². The molecular weight excluding hydrogens is 259 g/mol. The third kappa shape index (κ3) is 4.28. The molecule has 1 heterocycles. The highest BCUT2D eigenvalue weighted by Crippen LogP contribution is 2.18. The zero-order valence-electron chi connectivity index (χ0n) is 11.7. The second kappa shape index (κ2) is 6.81. The number of aliphatic hydroxyl groups is 1. The molecule has 2 unspecified atom stereocenters. The molecule has 0 aliphatic carbocycles. The van der Waals surface area contributed by atoms with Crippen LogP contribution in [0.5, 0.6) is 0 Å². The molecule has 1 aromatic rings. The Morgan fingerprint density at radius 3 is 2.85 bits per heavy atom. The molecule has 1 amide bonds. The van der Waals surface area contributed by atoms with Crippen molar-refractivity contribution < 1.29 is 14.3 Å². The highest BCUT2D eigenvalue weighted by atomic mass is 19.1. The highest BCUT2D eigenvalue weighted by molar-refractivity contribution is 5.73. The van der Waals surface area contributed by atoms with E-state index in [1.54, 1.807) is 12.1 Å². The van der Waals surface area contributed by atoms with Crippen LogP contribution in [-0.4, -0.2) is 41.6 Å². The van der Waals surface area contributed by atoms with Gasteiger partial charge in [0.2, 0.25) is 5.91 Å². The van der Waals surface area contributed by atoms with E-state index in [-0.39, 0.29) is 17.8 Å². The average Bonchev–Trinajstić information content (AvgIpc) is 2.39. The molecule has 1 aliphatic heterocycles. The van der Waals surface area contributed by atoms with Crippen LogP contribution in [-0.2, 0) is 4.79 Å². The summed E-state index contributed by atoms with van der Waals surface area (Å²) in [7, 11) is 0. The first-order chi connectivity index (χ1) is 9.54. The molecule has 1 aliphatic rings. The van der Waals surface area contributed by atoms with Crippen molar-refractivity contribution in [2.45, 2.75) is 31.9 Å². The van der Waals surface area contributed by atoms with Crippen LogP contribution >= 0.6 is 0 Å². The predicted octanol–water partition coefficient (Wildman–Crippen LogP) is 1.46. The summed E-state index contributed by atoms with van der Waals surface area (Å²) in [6, 6.07) is 6.08. The Bertz CT molecular complexity index is 450. The van der Waals surface area contributed by atoms with Gasteiger partial charge < -0.3 is 10.4 Å². The Balaban J connectivity index is 1.88. The Labute approximate surface area is 118 Å². The Kier molecular flexibility index (Phi) is 5.09. The van der Waals surface area contributed by atoms with Crippen molar-refractivity contribution >= 4 is 5.91 Å². The van der Waals surface area contributed by atoms with Crippen molar-refractivity contribution in [2.24, 2.45) is 0 Å². The van der Waals surface area contributed by atoms with E-state index in [0.717, 1.165) is 25.9 Å². The predicted molar refractivity (Wildman–Crippen MR) is 74.6 cm³/mol. The molecule has 2 rings (SSSR count). The van der Waals surface area contributed by atoms with Gasteiger partial charge in [0, 0.05) is 26.1 Å². The standard InChI is InChI=1S/C15H21FN2O2/c1-11(19)17-14-3-2-8-18(9-14)10-15(20)12-4-6-13(16)7-5-12/h4-7,14-15,20H,2-3,8-10H2,1H3,(H,17,19).